The highest BCUT2D eigenvalue weighted by Gasteiger charge is 2.35. The van der Waals surface area contributed by atoms with E-state index in [-0.39, 0.29) is 12.0 Å². The molecule has 0 bridgehead atoms. The molecule has 6 heteroatoms. The third kappa shape index (κ3) is 3.82. The molecule has 2 aliphatic rings. The van der Waals surface area contributed by atoms with Crippen molar-refractivity contribution in [1.82, 2.24) is 14.7 Å². The molecule has 1 atom stereocenters. The first-order valence-electron chi connectivity index (χ1n) is 8.53. The Morgan fingerprint density at radius 1 is 1.12 bits per heavy atom. The first-order valence-corrected chi connectivity index (χ1v) is 8.53. The molecule has 2 heterocycles. The molecular weight excluding hydrogens is 306 g/mol. The van der Waals surface area contributed by atoms with E-state index in [1.807, 2.05) is 29.2 Å². The van der Waals surface area contributed by atoms with Crippen LogP contribution in [-0.2, 0) is 4.79 Å². The average Bonchev–Trinajstić information content (AvgIpc) is 2.54. The number of carbonyl (C=O) groups is 1. The van der Waals surface area contributed by atoms with Gasteiger partial charge in [0.2, 0.25) is 5.91 Å². The number of nitrogens with zero attached hydrogens (tertiary/aromatic N) is 3. The van der Waals surface area contributed by atoms with E-state index in [0.29, 0.717) is 25.6 Å². The molecule has 0 unspecified atom stereocenters. The first-order chi connectivity index (χ1) is 11.6. The van der Waals surface area contributed by atoms with E-state index in [1.165, 1.54) is 0 Å². The van der Waals surface area contributed by atoms with E-state index in [1.54, 1.807) is 7.11 Å². The van der Waals surface area contributed by atoms with Gasteiger partial charge < -0.3 is 24.2 Å². The van der Waals surface area contributed by atoms with Gasteiger partial charge in [0.15, 0.2) is 11.5 Å². The van der Waals surface area contributed by atoms with E-state index in [2.05, 4.69) is 23.9 Å². The van der Waals surface area contributed by atoms with Crippen molar-refractivity contribution in [3.63, 3.8) is 0 Å². The zero-order valence-electron chi connectivity index (χ0n) is 14.8. The van der Waals surface area contributed by atoms with Crippen LogP contribution in [0.2, 0.25) is 0 Å². The number of rotatable bonds is 5. The van der Waals surface area contributed by atoms with E-state index >= 15 is 0 Å². The molecule has 0 aromatic heterocycles. The molecule has 2 aliphatic heterocycles. The predicted molar refractivity (Wildman–Crippen MR) is 92.5 cm³/mol. The predicted octanol–water partition coefficient (Wildman–Crippen LogP) is 0.921. The molecule has 0 N–H and O–H groups in total. The van der Waals surface area contributed by atoms with Crippen LogP contribution >= 0.6 is 0 Å². The Balaban J connectivity index is 1.46. The highest BCUT2D eigenvalue weighted by atomic mass is 16.5. The van der Waals surface area contributed by atoms with Gasteiger partial charge in [0, 0.05) is 32.1 Å². The Morgan fingerprint density at radius 2 is 1.83 bits per heavy atom. The summed E-state index contributed by atoms with van der Waals surface area (Å²) in [7, 11) is 5.86. The number of hydrogen-bond donors (Lipinski definition) is 0. The lowest BCUT2D eigenvalue weighted by Gasteiger charge is -2.42. The average molecular weight is 333 g/mol. The number of ether oxygens (including phenoxy) is 2. The molecular formula is C18H27N3O3. The fourth-order valence-electron chi connectivity index (χ4n) is 3.26. The van der Waals surface area contributed by atoms with E-state index in [0.717, 1.165) is 31.1 Å². The molecule has 0 spiro atoms. The van der Waals surface area contributed by atoms with Gasteiger partial charge in [-0.25, -0.2) is 0 Å². The lowest BCUT2D eigenvalue weighted by atomic mass is 10.1. The maximum absolute atomic E-state index is 12.5. The monoisotopic (exact) mass is 333 g/mol. The van der Waals surface area contributed by atoms with E-state index < -0.39 is 0 Å². The lowest BCUT2D eigenvalue weighted by Crippen LogP contribution is -2.58. The molecule has 2 saturated heterocycles. The summed E-state index contributed by atoms with van der Waals surface area (Å²) in [4.78, 5) is 18.9. The molecule has 1 aromatic rings. The number of para-hydroxylation sites is 2. The fraction of sp³-hybridized carbons (Fsp3) is 0.611. The minimum Gasteiger partial charge on any atom is -0.493 e. The maximum atomic E-state index is 12.5. The van der Waals surface area contributed by atoms with Crippen molar-refractivity contribution in [2.24, 2.45) is 0 Å². The smallest absolute Gasteiger partial charge is 0.224 e. The second-order valence-corrected chi connectivity index (χ2v) is 6.79. The fourth-order valence-corrected chi connectivity index (χ4v) is 3.26. The van der Waals surface area contributed by atoms with E-state index in [9.17, 15) is 4.79 Å². The Kier molecular flexibility index (Phi) is 5.26. The summed E-state index contributed by atoms with van der Waals surface area (Å²) in [6, 6.07) is 7.93. The number of likely N-dealkylation sites (tertiary alicyclic amines) is 1. The minimum atomic E-state index is 0.0528. The standard InChI is InChI=1S/C18H27N3O3/c1-19-8-9-20(2)14(11-19)10-18(22)21-12-15(13-21)24-17-7-5-4-6-16(17)23-3/h4-7,14-15H,8-13H2,1-3H3/t14-/m1/s1. The van der Waals surface area contributed by atoms with Crippen molar-refractivity contribution in [3.8, 4) is 11.5 Å². The van der Waals surface area contributed by atoms with Gasteiger partial charge in [-0.15, -0.1) is 0 Å². The minimum absolute atomic E-state index is 0.0528. The normalized spacial score (nSPS) is 23.0. The van der Waals surface area contributed by atoms with Crippen LogP contribution in [0.3, 0.4) is 0 Å². The molecule has 0 radical (unpaired) electrons. The topological polar surface area (TPSA) is 45.3 Å². The lowest BCUT2D eigenvalue weighted by molar-refractivity contribution is -0.141. The highest BCUT2D eigenvalue weighted by Crippen LogP contribution is 2.29. The van der Waals surface area contributed by atoms with Crippen molar-refractivity contribution in [2.75, 3.05) is 53.9 Å². The van der Waals surface area contributed by atoms with E-state index in [4.69, 9.17) is 9.47 Å². The Morgan fingerprint density at radius 3 is 2.54 bits per heavy atom. The SMILES string of the molecule is COc1ccccc1OC1CN(C(=O)C[C@@H]2CN(C)CCN2C)C1. The molecule has 0 saturated carbocycles. The number of likely N-dealkylation sites (N-methyl/N-ethyl adjacent to an activating group) is 2. The Labute approximate surface area is 143 Å². The van der Waals surface area contributed by atoms with Crippen LogP contribution in [-0.4, -0.2) is 86.7 Å². The van der Waals surface area contributed by atoms with Crippen molar-refractivity contribution in [1.29, 1.82) is 0 Å². The zero-order valence-corrected chi connectivity index (χ0v) is 14.8. The van der Waals surface area contributed by atoms with Gasteiger partial charge in [-0.2, -0.15) is 0 Å². The number of methoxy groups -OCH3 is 1. The van der Waals surface area contributed by atoms with Crippen molar-refractivity contribution in [3.05, 3.63) is 24.3 Å². The molecule has 24 heavy (non-hydrogen) atoms. The molecule has 132 valence electrons. The summed E-state index contributed by atoms with van der Waals surface area (Å²) in [5, 5.41) is 0. The third-order valence-corrected chi connectivity index (χ3v) is 4.95. The summed E-state index contributed by atoms with van der Waals surface area (Å²) in [6.07, 6.45) is 0.638. The van der Waals surface area contributed by atoms with Gasteiger partial charge in [-0.3, -0.25) is 4.79 Å². The second kappa shape index (κ2) is 7.40. The van der Waals surface area contributed by atoms with Crippen LogP contribution in [0, 0.1) is 0 Å². The molecule has 6 nitrogen and oxygen atoms in total. The highest BCUT2D eigenvalue weighted by molar-refractivity contribution is 5.77. The van der Waals surface area contributed by atoms with Crippen molar-refractivity contribution in [2.45, 2.75) is 18.6 Å². The molecule has 2 fully saturated rings. The van der Waals surface area contributed by atoms with Gasteiger partial charge in [0.1, 0.15) is 6.10 Å². The Hall–Kier alpha value is -1.79. The van der Waals surface area contributed by atoms with Gasteiger partial charge in [0.05, 0.1) is 20.2 Å². The van der Waals surface area contributed by atoms with Crippen LogP contribution in [0.5, 0.6) is 11.5 Å². The molecule has 1 amide bonds. The van der Waals surface area contributed by atoms with Gasteiger partial charge in [-0.05, 0) is 26.2 Å². The zero-order chi connectivity index (χ0) is 17.1. The number of piperazine rings is 1. The molecule has 3 rings (SSSR count). The summed E-state index contributed by atoms with van der Waals surface area (Å²) in [5.74, 6) is 1.70. The maximum Gasteiger partial charge on any atom is 0.224 e. The summed E-state index contributed by atoms with van der Waals surface area (Å²) in [6.45, 7) is 4.36. The number of hydrogen-bond acceptors (Lipinski definition) is 5. The molecule has 1 aromatic carbocycles. The molecule has 0 aliphatic carbocycles. The van der Waals surface area contributed by atoms with Gasteiger partial charge >= 0.3 is 0 Å². The second-order valence-electron chi connectivity index (χ2n) is 6.79. The van der Waals surface area contributed by atoms with Crippen molar-refractivity contribution < 1.29 is 14.3 Å². The van der Waals surface area contributed by atoms with Crippen molar-refractivity contribution >= 4 is 5.91 Å². The summed E-state index contributed by atoms with van der Waals surface area (Å²) in [5.41, 5.74) is 0. The van der Waals surface area contributed by atoms with Crippen LogP contribution < -0.4 is 9.47 Å². The number of carbonyl (C=O) groups excluding carboxylic acids is 1. The summed E-state index contributed by atoms with van der Waals surface area (Å²) < 4.78 is 11.2. The number of amides is 1. The van der Waals surface area contributed by atoms with Gasteiger partial charge in [-0.1, -0.05) is 12.1 Å². The van der Waals surface area contributed by atoms with Crippen LogP contribution in [0.4, 0.5) is 0 Å². The van der Waals surface area contributed by atoms with Crippen LogP contribution in [0.25, 0.3) is 0 Å². The van der Waals surface area contributed by atoms with Crippen LogP contribution in [0.1, 0.15) is 6.42 Å². The number of benzene rings is 1. The third-order valence-electron chi connectivity index (χ3n) is 4.95. The Bertz CT molecular complexity index is 574. The quantitative estimate of drug-likeness (QED) is 0.802. The summed E-state index contributed by atoms with van der Waals surface area (Å²) >= 11 is 0. The van der Waals surface area contributed by atoms with Gasteiger partial charge in [0.25, 0.3) is 0 Å². The van der Waals surface area contributed by atoms with Crippen LogP contribution in [0.15, 0.2) is 24.3 Å². The first kappa shape index (κ1) is 17.0. The largest absolute Gasteiger partial charge is 0.493 e.